The first-order valence-corrected chi connectivity index (χ1v) is 12.1. The third-order valence-electron chi connectivity index (χ3n) is 6.96. The van der Waals surface area contributed by atoms with Crippen LogP contribution >= 0.6 is 0 Å². The Bertz CT molecular complexity index is 1890. The fraction of sp³-hybridized carbons (Fsp3) is 0. The fourth-order valence-corrected chi connectivity index (χ4v) is 5.28. The largest absolute Gasteiger partial charge is 0.316 e. The van der Waals surface area contributed by atoms with Gasteiger partial charge in [0.1, 0.15) is 0 Å². The molecule has 0 aliphatic rings. The SMILES string of the molecule is O=c1c2ccccc2n(-c2ccc(/C=C/n3c4ccccc4c4ccccc43)cc2)c2ccccc12. The van der Waals surface area contributed by atoms with E-state index in [0.717, 1.165) is 33.1 Å². The minimum absolute atomic E-state index is 0.0724. The van der Waals surface area contributed by atoms with Crippen LogP contribution < -0.4 is 5.43 Å². The van der Waals surface area contributed by atoms with Gasteiger partial charge >= 0.3 is 0 Å². The molecule has 2 heterocycles. The van der Waals surface area contributed by atoms with E-state index in [9.17, 15) is 4.79 Å². The van der Waals surface area contributed by atoms with E-state index >= 15 is 0 Å². The normalized spacial score (nSPS) is 11.9. The van der Waals surface area contributed by atoms with Gasteiger partial charge in [0, 0.05) is 33.4 Å². The van der Waals surface area contributed by atoms with Crippen LogP contribution in [0.1, 0.15) is 5.56 Å². The van der Waals surface area contributed by atoms with Crippen LogP contribution in [0, 0.1) is 0 Å². The number of hydrogen-bond acceptors (Lipinski definition) is 1. The van der Waals surface area contributed by atoms with Crippen LogP contribution in [0.2, 0.25) is 0 Å². The maximum absolute atomic E-state index is 13.1. The first kappa shape index (κ1) is 20.5. The predicted molar refractivity (Wildman–Crippen MR) is 152 cm³/mol. The van der Waals surface area contributed by atoms with E-state index in [0.29, 0.717) is 0 Å². The van der Waals surface area contributed by atoms with E-state index < -0.39 is 0 Å². The maximum atomic E-state index is 13.1. The second kappa shape index (κ2) is 8.10. The highest BCUT2D eigenvalue weighted by atomic mass is 16.1. The number of aromatic nitrogens is 2. The molecule has 0 fully saturated rings. The Morgan fingerprint density at radius 1 is 0.472 bits per heavy atom. The second-order valence-corrected chi connectivity index (χ2v) is 9.01. The summed E-state index contributed by atoms with van der Waals surface area (Å²) >= 11 is 0. The number of para-hydroxylation sites is 4. The number of benzene rings is 5. The van der Waals surface area contributed by atoms with Gasteiger partial charge in [-0.3, -0.25) is 4.79 Å². The fourth-order valence-electron chi connectivity index (χ4n) is 5.28. The summed E-state index contributed by atoms with van der Waals surface area (Å²) < 4.78 is 4.42. The number of fused-ring (bicyclic) bond motifs is 5. The summed E-state index contributed by atoms with van der Waals surface area (Å²) in [4.78, 5) is 13.1. The van der Waals surface area contributed by atoms with Gasteiger partial charge in [-0.25, -0.2) is 0 Å². The van der Waals surface area contributed by atoms with E-state index in [1.165, 1.54) is 21.8 Å². The van der Waals surface area contributed by atoms with Gasteiger partial charge in [-0.05, 0) is 60.2 Å². The second-order valence-electron chi connectivity index (χ2n) is 9.01. The Kier molecular flexibility index (Phi) is 4.61. The minimum atomic E-state index is 0.0724. The van der Waals surface area contributed by atoms with Gasteiger partial charge in [0.25, 0.3) is 0 Å². The molecule has 2 aromatic heterocycles. The molecule has 36 heavy (non-hydrogen) atoms. The highest BCUT2D eigenvalue weighted by Crippen LogP contribution is 2.29. The Morgan fingerprint density at radius 3 is 1.44 bits per heavy atom. The van der Waals surface area contributed by atoms with Gasteiger partial charge in [0.15, 0.2) is 5.43 Å². The van der Waals surface area contributed by atoms with Crippen LogP contribution in [0.5, 0.6) is 0 Å². The molecule has 0 N–H and O–H groups in total. The Morgan fingerprint density at radius 2 is 0.917 bits per heavy atom. The van der Waals surface area contributed by atoms with Crippen LogP contribution in [0.25, 0.3) is 61.6 Å². The average molecular weight is 463 g/mol. The van der Waals surface area contributed by atoms with E-state index in [4.69, 9.17) is 0 Å². The molecule has 5 aromatic carbocycles. The van der Waals surface area contributed by atoms with E-state index in [2.05, 4.69) is 94.2 Å². The van der Waals surface area contributed by atoms with Gasteiger partial charge in [-0.2, -0.15) is 0 Å². The zero-order valence-electron chi connectivity index (χ0n) is 19.5. The van der Waals surface area contributed by atoms with Crippen molar-refractivity contribution in [2.24, 2.45) is 0 Å². The standard InChI is InChI=1S/C33H22N2O/c36-33-27-11-3-7-15-31(27)35(32-16-8-4-12-28(32)33)24-19-17-23(18-20-24)21-22-34-29-13-5-1-9-25(29)26-10-2-6-14-30(26)34/h1-22H/b22-21+. The molecule has 7 aromatic rings. The van der Waals surface area contributed by atoms with E-state index in [1.54, 1.807) is 0 Å². The zero-order chi connectivity index (χ0) is 24.1. The van der Waals surface area contributed by atoms with Crippen molar-refractivity contribution in [3.63, 3.8) is 0 Å². The van der Waals surface area contributed by atoms with E-state index in [1.807, 2.05) is 48.5 Å². The Hall–Kier alpha value is -4.89. The van der Waals surface area contributed by atoms with Crippen molar-refractivity contribution in [2.75, 3.05) is 0 Å². The topological polar surface area (TPSA) is 26.9 Å². The molecule has 0 spiro atoms. The molecule has 0 bridgehead atoms. The molecule has 0 amide bonds. The highest BCUT2D eigenvalue weighted by molar-refractivity contribution is 6.09. The molecule has 0 radical (unpaired) electrons. The van der Waals surface area contributed by atoms with Crippen molar-refractivity contribution < 1.29 is 0 Å². The minimum Gasteiger partial charge on any atom is -0.316 e. The van der Waals surface area contributed by atoms with Crippen LogP contribution in [0.3, 0.4) is 0 Å². The lowest BCUT2D eigenvalue weighted by atomic mass is 10.1. The first-order chi connectivity index (χ1) is 17.8. The summed E-state index contributed by atoms with van der Waals surface area (Å²) in [5.41, 5.74) is 6.41. The van der Waals surface area contributed by atoms with Crippen molar-refractivity contribution >= 4 is 55.9 Å². The van der Waals surface area contributed by atoms with Crippen molar-refractivity contribution in [2.45, 2.75) is 0 Å². The molecule has 0 saturated carbocycles. The maximum Gasteiger partial charge on any atom is 0.197 e. The quantitative estimate of drug-likeness (QED) is 0.245. The predicted octanol–water partition coefficient (Wildman–Crippen LogP) is 7.88. The molecule has 0 unspecified atom stereocenters. The molecule has 170 valence electrons. The third kappa shape index (κ3) is 3.10. The molecule has 0 atom stereocenters. The van der Waals surface area contributed by atoms with Gasteiger partial charge in [-0.15, -0.1) is 0 Å². The van der Waals surface area contributed by atoms with Crippen molar-refractivity contribution in [3.8, 4) is 5.69 Å². The number of hydrogen-bond donors (Lipinski definition) is 0. The molecular weight excluding hydrogens is 440 g/mol. The van der Waals surface area contributed by atoms with E-state index in [-0.39, 0.29) is 5.43 Å². The summed E-state index contributed by atoms with van der Waals surface area (Å²) in [5.74, 6) is 0. The lowest BCUT2D eigenvalue weighted by Crippen LogP contribution is -2.10. The molecule has 0 saturated heterocycles. The number of pyridine rings is 1. The van der Waals surface area contributed by atoms with Crippen LogP contribution in [-0.4, -0.2) is 9.13 Å². The van der Waals surface area contributed by atoms with Gasteiger partial charge < -0.3 is 9.13 Å². The Labute approximate surface area is 207 Å². The van der Waals surface area contributed by atoms with Gasteiger partial charge in [0.05, 0.1) is 22.1 Å². The summed E-state index contributed by atoms with van der Waals surface area (Å²) in [5, 5.41) is 3.97. The van der Waals surface area contributed by atoms with Crippen molar-refractivity contribution in [3.05, 3.63) is 137 Å². The summed E-state index contributed by atoms with van der Waals surface area (Å²) in [6.07, 6.45) is 4.29. The summed E-state index contributed by atoms with van der Waals surface area (Å²) in [7, 11) is 0. The highest BCUT2D eigenvalue weighted by Gasteiger charge is 2.11. The summed E-state index contributed by atoms with van der Waals surface area (Å²) in [6, 6.07) is 41.2. The van der Waals surface area contributed by atoms with Crippen LogP contribution in [0.4, 0.5) is 0 Å². The monoisotopic (exact) mass is 462 g/mol. The lowest BCUT2D eigenvalue weighted by molar-refractivity contribution is 1.16. The average Bonchev–Trinajstić information content (AvgIpc) is 3.26. The van der Waals surface area contributed by atoms with Crippen molar-refractivity contribution in [1.29, 1.82) is 0 Å². The molecular formula is C33H22N2O. The smallest absolute Gasteiger partial charge is 0.197 e. The van der Waals surface area contributed by atoms with Crippen molar-refractivity contribution in [1.82, 2.24) is 9.13 Å². The van der Waals surface area contributed by atoms with Crippen LogP contribution in [-0.2, 0) is 0 Å². The molecule has 3 nitrogen and oxygen atoms in total. The van der Waals surface area contributed by atoms with Gasteiger partial charge in [0.2, 0.25) is 0 Å². The lowest BCUT2D eigenvalue weighted by Gasteiger charge is -2.15. The zero-order valence-corrected chi connectivity index (χ0v) is 19.5. The molecule has 7 rings (SSSR count). The molecule has 0 aliphatic heterocycles. The van der Waals surface area contributed by atoms with Crippen LogP contribution in [0.15, 0.2) is 126 Å². The number of nitrogens with zero attached hydrogens (tertiary/aromatic N) is 2. The Balaban J connectivity index is 1.35. The summed E-state index contributed by atoms with van der Waals surface area (Å²) in [6.45, 7) is 0. The third-order valence-corrected chi connectivity index (χ3v) is 6.96. The first-order valence-electron chi connectivity index (χ1n) is 12.1. The van der Waals surface area contributed by atoms with Gasteiger partial charge in [-0.1, -0.05) is 72.8 Å². The number of rotatable bonds is 3. The molecule has 3 heteroatoms. The molecule has 0 aliphatic carbocycles.